The Hall–Kier alpha value is -3.04. The van der Waals surface area contributed by atoms with Gasteiger partial charge in [0.2, 0.25) is 0 Å². The maximum atomic E-state index is 14.5. The van der Waals surface area contributed by atoms with E-state index >= 15 is 0 Å². The van der Waals surface area contributed by atoms with E-state index in [4.69, 9.17) is 0 Å². The van der Waals surface area contributed by atoms with Crippen LogP contribution in [0, 0.1) is 0 Å². The van der Waals surface area contributed by atoms with Gasteiger partial charge in [0.15, 0.2) is 5.71 Å². The fraction of sp³-hybridized carbons (Fsp3) is 0.316. The minimum absolute atomic E-state index is 0.0173. The summed E-state index contributed by atoms with van der Waals surface area (Å²) in [5.41, 5.74) is -9.61. The first-order valence-electron chi connectivity index (χ1n) is 9.29. The fourth-order valence-electron chi connectivity index (χ4n) is 3.28. The van der Waals surface area contributed by atoms with Crippen LogP contribution in [-0.4, -0.2) is 42.2 Å². The van der Waals surface area contributed by atoms with Crippen LogP contribution in [0.1, 0.15) is 12.5 Å². The molecule has 3 rings (SSSR count). The third-order valence-corrected chi connectivity index (χ3v) is 5.76. The van der Waals surface area contributed by atoms with Crippen LogP contribution in [0.2, 0.25) is 0 Å². The standard InChI is InChI=1S/C19H12F10N2O3S/c1-2-31-13-6-4-3-5-11(13)12-8-7-10(9-14(12)31)15(30-34-35(32,33)19(27,28)29)16(20,21)17(22,23)18(24,25)26/h3-9H,2H2,1H3. The van der Waals surface area contributed by atoms with Crippen LogP contribution < -0.4 is 0 Å². The highest BCUT2D eigenvalue weighted by molar-refractivity contribution is 7.87. The van der Waals surface area contributed by atoms with Crippen LogP contribution in [0.5, 0.6) is 0 Å². The molecule has 0 aliphatic carbocycles. The van der Waals surface area contributed by atoms with Gasteiger partial charge in [0.05, 0.1) is 0 Å². The lowest BCUT2D eigenvalue weighted by molar-refractivity contribution is -0.336. The molecule has 1 heterocycles. The molecule has 3 aromatic rings. The van der Waals surface area contributed by atoms with E-state index in [1.165, 1.54) is 4.57 Å². The van der Waals surface area contributed by atoms with Crippen molar-refractivity contribution < 1.29 is 56.6 Å². The number of hydrogen-bond acceptors (Lipinski definition) is 4. The van der Waals surface area contributed by atoms with E-state index in [0.717, 1.165) is 6.07 Å². The number of fused-ring (bicyclic) bond motifs is 3. The number of para-hydroxylation sites is 1. The monoisotopic (exact) mass is 538 g/mol. The first-order valence-corrected chi connectivity index (χ1v) is 10.7. The van der Waals surface area contributed by atoms with E-state index in [1.807, 2.05) is 5.16 Å². The van der Waals surface area contributed by atoms with E-state index in [-0.39, 0.29) is 12.1 Å². The summed E-state index contributed by atoms with van der Waals surface area (Å²) in [5, 5.41) is 2.84. The summed E-state index contributed by atoms with van der Waals surface area (Å²) in [6.07, 6.45) is -6.89. The molecule has 35 heavy (non-hydrogen) atoms. The van der Waals surface area contributed by atoms with Gasteiger partial charge < -0.3 is 4.57 Å². The zero-order valence-electron chi connectivity index (χ0n) is 17.1. The van der Waals surface area contributed by atoms with Crippen molar-refractivity contribution in [1.82, 2.24) is 4.57 Å². The molecule has 0 N–H and O–H groups in total. The predicted octanol–water partition coefficient (Wildman–Crippen LogP) is 6.22. The molecule has 0 saturated carbocycles. The molecule has 0 atom stereocenters. The van der Waals surface area contributed by atoms with E-state index in [0.29, 0.717) is 28.4 Å². The number of alkyl halides is 10. The van der Waals surface area contributed by atoms with Crippen molar-refractivity contribution in [2.45, 2.75) is 37.0 Å². The number of halogens is 10. The first kappa shape index (κ1) is 26.6. The van der Waals surface area contributed by atoms with Crippen LogP contribution in [0.25, 0.3) is 21.8 Å². The Balaban J connectivity index is 2.32. The molecule has 2 aromatic carbocycles. The van der Waals surface area contributed by atoms with Gasteiger partial charge in [-0.3, -0.25) is 4.28 Å². The lowest BCUT2D eigenvalue weighted by Crippen LogP contribution is -2.56. The summed E-state index contributed by atoms with van der Waals surface area (Å²) in [7, 11) is -6.77. The van der Waals surface area contributed by atoms with Gasteiger partial charge >= 0.3 is 33.6 Å². The van der Waals surface area contributed by atoms with Gasteiger partial charge in [-0.1, -0.05) is 35.5 Å². The van der Waals surface area contributed by atoms with Crippen molar-refractivity contribution in [2.24, 2.45) is 5.16 Å². The summed E-state index contributed by atoms with van der Waals surface area (Å²) in [6.45, 7) is 1.76. The normalized spacial score (nSPS) is 14.7. The van der Waals surface area contributed by atoms with Gasteiger partial charge in [-0.25, -0.2) is 0 Å². The molecule has 16 heteroatoms. The molecule has 1 aromatic heterocycles. The van der Waals surface area contributed by atoms with Gasteiger partial charge in [0.25, 0.3) is 0 Å². The molecule has 0 radical (unpaired) electrons. The third kappa shape index (κ3) is 4.27. The average Bonchev–Trinajstić information content (AvgIpc) is 3.04. The molecule has 5 nitrogen and oxygen atoms in total. The molecule has 0 aliphatic heterocycles. The van der Waals surface area contributed by atoms with Crippen LogP contribution in [0.15, 0.2) is 47.6 Å². The van der Waals surface area contributed by atoms with Gasteiger partial charge in [-0.15, -0.1) is 0 Å². The van der Waals surface area contributed by atoms with Gasteiger partial charge in [0, 0.05) is 33.9 Å². The Morgan fingerprint density at radius 2 is 1.46 bits per heavy atom. The molecule has 0 fully saturated rings. The SMILES string of the molecule is CCn1c2ccccc2c2ccc(C(=NOS(=O)(=O)C(F)(F)F)C(F)(F)C(F)(F)C(F)(F)F)cc21. The summed E-state index contributed by atoms with van der Waals surface area (Å²) in [4.78, 5) is 0. The molecular weight excluding hydrogens is 526 g/mol. The lowest BCUT2D eigenvalue weighted by atomic mass is 9.98. The zero-order valence-corrected chi connectivity index (χ0v) is 17.9. The van der Waals surface area contributed by atoms with E-state index in [1.54, 1.807) is 31.2 Å². The van der Waals surface area contributed by atoms with Gasteiger partial charge in [0.1, 0.15) is 0 Å². The fourth-order valence-corrected chi connectivity index (χ4v) is 3.54. The first-order chi connectivity index (χ1) is 15.9. The van der Waals surface area contributed by atoms with E-state index < -0.39 is 44.9 Å². The minimum Gasteiger partial charge on any atom is -0.341 e. The maximum Gasteiger partial charge on any atom is 0.536 e. The van der Waals surface area contributed by atoms with Gasteiger partial charge in [-0.2, -0.15) is 52.3 Å². The summed E-state index contributed by atoms with van der Waals surface area (Å²) < 4.78 is 159. The van der Waals surface area contributed by atoms with Crippen molar-refractivity contribution in [3.63, 3.8) is 0 Å². The lowest BCUT2D eigenvalue weighted by Gasteiger charge is -2.28. The summed E-state index contributed by atoms with van der Waals surface area (Å²) in [5.74, 6) is -13.2. The molecular formula is C19H12F10N2O3S. The molecule has 0 aliphatic rings. The van der Waals surface area contributed by atoms with Crippen LogP contribution in [-0.2, 0) is 20.9 Å². The second-order valence-electron chi connectivity index (χ2n) is 7.05. The number of aromatic nitrogens is 1. The molecule has 0 saturated heterocycles. The van der Waals surface area contributed by atoms with Gasteiger partial charge in [-0.05, 0) is 19.1 Å². The van der Waals surface area contributed by atoms with E-state index in [2.05, 4.69) is 4.28 Å². The highest BCUT2D eigenvalue weighted by Gasteiger charge is 2.75. The number of rotatable bonds is 6. The minimum atomic E-state index is -6.89. The smallest absolute Gasteiger partial charge is 0.341 e. The highest BCUT2D eigenvalue weighted by atomic mass is 32.2. The van der Waals surface area contributed by atoms with Crippen molar-refractivity contribution in [2.75, 3.05) is 0 Å². The second-order valence-corrected chi connectivity index (χ2v) is 8.57. The van der Waals surface area contributed by atoms with Crippen molar-refractivity contribution in [3.8, 4) is 0 Å². The third-order valence-electron chi connectivity index (χ3n) is 4.92. The van der Waals surface area contributed by atoms with E-state index in [9.17, 15) is 52.3 Å². The zero-order chi connectivity index (χ0) is 26.6. The molecule has 0 bridgehead atoms. The quantitative estimate of drug-likeness (QED) is 0.162. The Labute approximate surface area is 189 Å². The number of aryl methyl sites for hydroxylation is 1. The Morgan fingerprint density at radius 1 is 0.886 bits per heavy atom. The second kappa shape index (κ2) is 8.27. The Kier molecular flexibility index (Phi) is 6.28. The Morgan fingerprint density at radius 3 is 2.00 bits per heavy atom. The predicted molar refractivity (Wildman–Crippen MR) is 104 cm³/mol. The number of benzene rings is 2. The van der Waals surface area contributed by atoms with Crippen LogP contribution in [0.4, 0.5) is 43.9 Å². The summed E-state index contributed by atoms with van der Waals surface area (Å²) >= 11 is 0. The highest BCUT2D eigenvalue weighted by Crippen LogP contribution is 2.48. The van der Waals surface area contributed by atoms with Crippen molar-refractivity contribution in [1.29, 1.82) is 0 Å². The van der Waals surface area contributed by atoms with Crippen molar-refractivity contribution >= 4 is 37.6 Å². The molecule has 0 unspecified atom stereocenters. The van der Waals surface area contributed by atoms with Crippen molar-refractivity contribution in [3.05, 3.63) is 48.0 Å². The molecule has 0 spiro atoms. The number of hydrogen-bond donors (Lipinski definition) is 0. The largest absolute Gasteiger partial charge is 0.536 e. The van der Waals surface area contributed by atoms with Crippen LogP contribution in [0.3, 0.4) is 0 Å². The Bertz CT molecular complexity index is 1410. The number of nitrogens with zero attached hydrogens (tertiary/aromatic N) is 2. The summed E-state index contributed by atoms with van der Waals surface area (Å²) in [6, 6.07) is 8.70. The average molecular weight is 538 g/mol. The maximum absolute atomic E-state index is 14.5. The number of oxime groups is 1. The molecule has 192 valence electrons. The van der Waals surface area contributed by atoms with Crippen LogP contribution >= 0.6 is 0 Å². The topological polar surface area (TPSA) is 60.7 Å². The molecule has 0 amide bonds.